The Morgan fingerprint density at radius 1 is 1.50 bits per heavy atom. The Morgan fingerprint density at radius 3 is 2.57 bits per heavy atom. The minimum Gasteiger partial charge on any atom is -0.366 e. The first kappa shape index (κ1) is 13.7. The standard InChI is InChI=1S/C9H18N2O2.ClH/c1-3-11(4-2)9(12)8-7-10-5-6-13-8;/h8,10H,3-7H2,1-2H3;1H. The Labute approximate surface area is 91.4 Å². The first-order valence-electron chi connectivity index (χ1n) is 4.90. The van der Waals surface area contributed by atoms with Crippen LogP contribution in [0, 0.1) is 0 Å². The monoisotopic (exact) mass is 222 g/mol. The molecule has 0 aliphatic carbocycles. The summed E-state index contributed by atoms with van der Waals surface area (Å²) in [5.41, 5.74) is 0. The Hall–Kier alpha value is -0.320. The van der Waals surface area contributed by atoms with Crippen molar-refractivity contribution in [3.05, 3.63) is 0 Å². The molecule has 1 saturated heterocycles. The molecular formula is C9H19ClN2O2. The molecule has 1 atom stereocenters. The Balaban J connectivity index is 0.00000169. The van der Waals surface area contributed by atoms with E-state index in [9.17, 15) is 4.79 Å². The summed E-state index contributed by atoms with van der Waals surface area (Å²) in [6.45, 7) is 7.62. The second-order valence-corrected chi connectivity index (χ2v) is 3.07. The molecule has 4 nitrogen and oxygen atoms in total. The predicted octanol–water partition coefficient (Wildman–Crippen LogP) is 0.265. The molecule has 1 aliphatic rings. The number of hydrogen-bond acceptors (Lipinski definition) is 3. The second-order valence-electron chi connectivity index (χ2n) is 3.07. The summed E-state index contributed by atoms with van der Waals surface area (Å²) in [4.78, 5) is 13.5. The van der Waals surface area contributed by atoms with Gasteiger partial charge in [0, 0.05) is 26.2 Å². The van der Waals surface area contributed by atoms with E-state index >= 15 is 0 Å². The van der Waals surface area contributed by atoms with Crippen LogP contribution in [0.4, 0.5) is 0 Å². The molecule has 0 spiro atoms. The van der Waals surface area contributed by atoms with Crippen molar-refractivity contribution in [1.29, 1.82) is 0 Å². The molecule has 0 bridgehead atoms. The van der Waals surface area contributed by atoms with Gasteiger partial charge in [-0.15, -0.1) is 12.4 Å². The first-order chi connectivity index (χ1) is 6.29. The van der Waals surface area contributed by atoms with Crippen molar-refractivity contribution in [2.45, 2.75) is 20.0 Å². The number of morpholine rings is 1. The van der Waals surface area contributed by atoms with Crippen molar-refractivity contribution in [1.82, 2.24) is 10.2 Å². The van der Waals surface area contributed by atoms with E-state index in [0.717, 1.165) is 19.6 Å². The molecule has 0 saturated carbocycles. The highest BCUT2D eigenvalue weighted by Gasteiger charge is 2.24. The number of carbonyl (C=O) groups excluding carboxylic acids is 1. The fourth-order valence-corrected chi connectivity index (χ4v) is 1.46. The van der Waals surface area contributed by atoms with Crippen LogP contribution >= 0.6 is 12.4 Å². The van der Waals surface area contributed by atoms with Crippen LogP contribution < -0.4 is 5.32 Å². The lowest BCUT2D eigenvalue weighted by molar-refractivity contribution is -0.144. The van der Waals surface area contributed by atoms with Gasteiger partial charge in [-0.25, -0.2) is 0 Å². The summed E-state index contributed by atoms with van der Waals surface area (Å²) in [6.07, 6.45) is -0.270. The molecule has 1 rings (SSSR count). The van der Waals surface area contributed by atoms with E-state index in [2.05, 4.69) is 5.32 Å². The van der Waals surface area contributed by atoms with E-state index < -0.39 is 0 Å². The van der Waals surface area contributed by atoms with Crippen molar-refractivity contribution in [2.75, 3.05) is 32.8 Å². The van der Waals surface area contributed by atoms with Gasteiger partial charge >= 0.3 is 0 Å². The largest absolute Gasteiger partial charge is 0.366 e. The van der Waals surface area contributed by atoms with Gasteiger partial charge in [0.15, 0.2) is 0 Å². The summed E-state index contributed by atoms with van der Waals surface area (Å²) in [5.74, 6) is 0.109. The maximum absolute atomic E-state index is 11.7. The molecule has 0 aromatic carbocycles. The van der Waals surface area contributed by atoms with Gasteiger partial charge in [0.2, 0.25) is 0 Å². The third kappa shape index (κ3) is 3.44. The zero-order valence-corrected chi connectivity index (χ0v) is 9.60. The lowest BCUT2D eigenvalue weighted by Gasteiger charge is -2.28. The van der Waals surface area contributed by atoms with E-state index in [0.29, 0.717) is 13.2 Å². The first-order valence-corrected chi connectivity index (χ1v) is 4.90. The molecule has 0 aromatic rings. The molecule has 1 N–H and O–H groups in total. The van der Waals surface area contributed by atoms with Gasteiger partial charge in [0.05, 0.1) is 6.61 Å². The summed E-state index contributed by atoms with van der Waals surface area (Å²) in [5, 5.41) is 3.15. The number of nitrogens with zero attached hydrogens (tertiary/aromatic N) is 1. The summed E-state index contributed by atoms with van der Waals surface area (Å²) in [6, 6.07) is 0. The number of halogens is 1. The fraction of sp³-hybridized carbons (Fsp3) is 0.889. The van der Waals surface area contributed by atoms with Crippen molar-refractivity contribution < 1.29 is 9.53 Å². The van der Waals surface area contributed by atoms with Crippen LogP contribution in [0.15, 0.2) is 0 Å². The fourth-order valence-electron chi connectivity index (χ4n) is 1.46. The van der Waals surface area contributed by atoms with Gasteiger partial charge in [-0.1, -0.05) is 0 Å². The maximum atomic E-state index is 11.7. The van der Waals surface area contributed by atoms with E-state index in [1.165, 1.54) is 0 Å². The van der Waals surface area contributed by atoms with Crippen molar-refractivity contribution in [3.8, 4) is 0 Å². The molecule has 5 heteroatoms. The average Bonchev–Trinajstić information content (AvgIpc) is 2.21. The molecule has 1 heterocycles. The topological polar surface area (TPSA) is 41.6 Å². The highest BCUT2D eigenvalue weighted by molar-refractivity contribution is 5.85. The van der Waals surface area contributed by atoms with Crippen LogP contribution in [0.1, 0.15) is 13.8 Å². The lowest BCUT2D eigenvalue weighted by atomic mass is 10.2. The van der Waals surface area contributed by atoms with Gasteiger partial charge < -0.3 is 15.0 Å². The van der Waals surface area contributed by atoms with Crippen molar-refractivity contribution in [3.63, 3.8) is 0 Å². The van der Waals surface area contributed by atoms with Crippen LogP contribution in [0.25, 0.3) is 0 Å². The smallest absolute Gasteiger partial charge is 0.253 e. The Kier molecular flexibility index (Phi) is 6.87. The third-order valence-electron chi connectivity index (χ3n) is 2.28. The third-order valence-corrected chi connectivity index (χ3v) is 2.28. The number of likely N-dealkylation sites (N-methyl/N-ethyl adjacent to an activating group) is 1. The Morgan fingerprint density at radius 2 is 2.14 bits per heavy atom. The maximum Gasteiger partial charge on any atom is 0.253 e. The normalized spacial score (nSPS) is 21.1. The molecule has 0 radical (unpaired) electrons. The number of ether oxygens (including phenoxy) is 1. The predicted molar refractivity (Wildman–Crippen MR) is 57.8 cm³/mol. The number of nitrogens with one attached hydrogen (secondary N) is 1. The van der Waals surface area contributed by atoms with Gasteiger partial charge in [-0.2, -0.15) is 0 Å². The zero-order valence-electron chi connectivity index (χ0n) is 8.78. The van der Waals surface area contributed by atoms with Crippen molar-refractivity contribution >= 4 is 18.3 Å². The van der Waals surface area contributed by atoms with E-state index in [-0.39, 0.29) is 24.4 Å². The van der Waals surface area contributed by atoms with Crippen LogP contribution in [0.3, 0.4) is 0 Å². The van der Waals surface area contributed by atoms with Crippen LogP contribution in [0.2, 0.25) is 0 Å². The van der Waals surface area contributed by atoms with Gasteiger partial charge in [-0.05, 0) is 13.8 Å². The van der Waals surface area contributed by atoms with E-state index in [4.69, 9.17) is 4.74 Å². The highest BCUT2D eigenvalue weighted by Crippen LogP contribution is 2.01. The summed E-state index contributed by atoms with van der Waals surface area (Å²) in [7, 11) is 0. The number of rotatable bonds is 3. The molecule has 0 aromatic heterocycles. The zero-order chi connectivity index (χ0) is 9.68. The minimum atomic E-state index is -0.270. The molecule has 1 amide bonds. The quantitative estimate of drug-likeness (QED) is 0.745. The summed E-state index contributed by atoms with van der Waals surface area (Å²) < 4.78 is 5.37. The second kappa shape index (κ2) is 7.04. The van der Waals surface area contributed by atoms with Gasteiger partial charge in [0.1, 0.15) is 6.10 Å². The van der Waals surface area contributed by atoms with E-state index in [1.807, 2.05) is 13.8 Å². The molecule has 14 heavy (non-hydrogen) atoms. The van der Waals surface area contributed by atoms with Crippen LogP contribution in [0.5, 0.6) is 0 Å². The SMILES string of the molecule is CCN(CC)C(=O)C1CNCCO1.Cl. The number of amides is 1. The molecule has 1 unspecified atom stereocenters. The van der Waals surface area contributed by atoms with Gasteiger partial charge in [-0.3, -0.25) is 4.79 Å². The lowest BCUT2D eigenvalue weighted by Crippen LogP contribution is -2.49. The average molecular weight is 223 g/mol. The molecule has 84 valence electrons. The number of hydrogen-bond donors (Lipinski definition) is 1. The Bertz CT molecular complexity index is 168. The van der Waals surface area contributed by atoms with Crippen LogP contribution in [-0.4, -0.2) is 49.7 Å². The van der Waals surface area contributed by atoms with Crippen molar-refractivity contribution in [2.24, 2.45) is 0 Å². The van der Waals surface area contributed by atoms with Crippen LogP contribution in [-0.2, 0) is 9.53 Å². The molecule has 1 aliphatic heterocycles. The highest BCUT2D eigenvalue weighted by atomic mass is 35.5. The molecule has 1 fully saturated rings. The minimum absolute atomic E-state index is 0. The number of carbonyl (C=O) groups is 1. The summed E-state index contributed by atoms with van der Waals surface area (Å²) >= 11 is 0. The molecular weight excluding hydrogens is 204 g/mol. The van der Waals surface area contributed by atoms with Gasteiger partial charge in [0.25, 0.3) is 5.91 Å². The van der Waals surface area contributed by atoms with E-state index in [1.54, 1.807) is 4.90 Å².